The molecule has 1 atom stereocenters. The van der Waals surface area contributed by atoms with Gasteiger partial charge in [0.25, 0.3) is 0 Å². The molecule has 0 saturated heterocycles. The lowest BCUT2D eigenvalue weighted by Crippen LogP contribution is -2.19. The van der Waals surface area contributed by atoms with Crippen LogP contribution in [0.2, 0.25) is 0 Å². The Hall–Kier alpha value is -4.56. The highest BCUT2D eigenvalue weighted by Crippen LogP contribution is 2.46. The van der Waals surface area contributed by atoms with Crippen molar-refractivity contribution in [3.63, 3.8) is 0 Å². The van der Waals surface area contributed by atoms with Crippen LogP contribution in [0, 0.1) is 23.7 Å². The third kappa shape index (κ3) is 6.28. The Labute approximate surface area is 246 Å². The van der Waals surface area contributed by atoms with Gasteiger partial charge < -0.3 is 28.9 Å². The number of H-pyrrole nitrogens is 1. The third-order valence-corrected chi connectivity index (χ3v) is 6.51. The molecule has 8 heteroatoms. The Morgan fingerprint density at radius 2 is 1.66 bits per heavy atom. The fourth-order valence-corrected chi connectivity index (χ4v) is 4.56. The fourth-order valence-electron chi connectivity index (χ4n) is 4.56. The molecular formula is C33H32ClN3O4. The highest BCUT2D eigenvalue weighted by atomic mass is 35.5. The van der Waals surface area contributed by atoms with Gasteiger partial charge in [-0.15, -0.1) is 18.3 Å². The molecule has 1 heterocycles. The first-order valence-corrected chi connectivity index (χ1v) is 13.0. The molecule has 4 aromatic rings. The van der Waals surface area contributed by atoms with Gasteiger partial charge in [0.15, 0.2) is 11.5 Å². The van der Waals surface area contributed by atoms with E-state index in [2.05, 4.69) is 38.7 Å². The molecule has 0 amide bonds. The Bertz CT molecular complexity index is 1690. The largest absolute Gasteiger partial charge is 0.493 e. The van der Waals surface area contributed by atoms with E-state index in [0.29, 0.717) is 23.8 Å². The van der Waals surface area contributed by atoms with Crippen molar-refractivity contribution in [1.82, 2.24) is 9.88 Å². The maximum atomic E-state index is 6.04. The fraction of sp³-hybridized carbons (Fsp3) is 0.242. The molecular weight excluding hydrogens is 538 g/mol. The van der Waals surface area contributed by atoms with Crippen molar-refractivity contribution in [2.45, 2.75) is 13.0 Å². The molecule has 0 fully saturated rings. The van der Waals surface area contributed by atoms with Gasteiger partial charge in [-0.2, -0.15) is 0 Å². The van der Waals surface area contributed by atoms with Crippen molar-refractivity contribution < 1.29 is 19.0 Å². The lowest BCUT2D eigenvalue weighted by molar-refractivity contribution is 0.137. The Balaban J connectivity index is 0.00000387. The van der Waals surface area contributed by atoms with Crippen molar-refractivity contribution >= 4 is 29.0 Å². The van der Waals surface area contributed by atoms with Gasteiger partial charge in [-0.1, -0.05) is 29.3 Å². The summed E-state index contributed by atoms with van der Waals surface area (Å²) in [4.78, 5) is 11.6. The number of fused-ring (bicyclic) bond motifs is 5. The molecule has 5 rings (SSSR count). The van der Waals surface area contributed by atoms with E-state index in [1.165, 1.54) is 0 Å². The number of nitrogens with zero attached hydrogens (tertiary/aromatic N) is 2. The predicted molar refractivity (Wildman–Crippen MR) is 165 cm³/mol. The molecule has 1 aromatic heterocycles. The Kier molecular flexibility index (Phi) is 9.47. The molecule has 1 aliphatic rings. The molecule has 0 saturated carbocycles. The molecule has 41 heavy (non-hydrogen) atoms. The zero-order valence-corrected chi connectivity index (χ0v) is 24.5. The number of aromatic amines is 1. The van der Waals surface area contributed by atoms with Gasteiger partial charge in [-0.05, 0) is 75.3 Å². The average Bonchev–Trinajstić information content (AvgIpc) is 3.48. The van der Waals surface area contributed by atoms with E-state index in [0.717, 1.165) is 51.1 Å². The first-order chi connectivity index (χ1) is 19.5. The van der Waals surface area contributed by atoms with Crippen LogP contribution in [-0.2, 0) is 4.84 Å². The summed E-state index contributed by atoms with van der Waals surface area (Å²) in [7, 11) is 7.29. The molecule has 1 aliphatic carbocycles. The molecule has 0 bridgehead atoms. The predicted octanol–water partition coefficient (Wildman–Crippen LogP) is 5.74. The number of hydrogen-bond donors (Lipinski definition) is 1. The number of rotatable bonds is 8. The monoisotopic (exact) mass is 569 g/mol. The van der Waals surface area contributed by atoms with Gasteiger partial charge in [0.1, 0.15) is 18.1 Å². The van der Waals surface area contributed by atoms with E-state index in [4.69, 9.17) is 19.0 Å². The van der Waals surface area contributed by atoms with Gasteiger partial charge in [0, 0.05) is 39.7 Å². The third-order valence-electron chi connectivity index (χ3n) is 6.51. The average molecular weight is 570 g/mol. The summed E-state index contributed by atoms with van der Waals surface area (Å²) in [5.41, 5.74) is 6.14. The van der Waals surface area contributed by atoms with Crippen LogP contribution in [0.4, 0.5) is 0 Å². The van der Waals surface area contributed by atoms with Gasteiger partial charge in [0.2, 0.25) is 6.10 Å². The SMILES string of the molecule is CC#CC(C#Cc1ccccc1)O/N=C1/c2cc(OC)c(OC)cc2-c2[nH]c3ccc(OCCN(C)C)cc3c21.Cl. The molecule has 7 nitrogen and oxygen atoms in total. The van der Waals surface area contributed by atoms with E-state index >= 15 is 0 Å². The van der Waals surface area contributed by atoms with Crippen molar-refractivity contribution in [3.8, 4) is 52.2 Å². The van der Waals surface area contributed by atoms with Crippen LogP contribution in [0.1, 0.15) is 23.6 Å². The number of methoxy groups -OCH3 is 2. The topological polar surface area (TPSA) is 68.3 Å². The number of hydrogen-bond acceptors (Lipinski definition) is 6. The van der Waals surface area contributed by atoms with Crippen molar-refractivity contribution in [1.29, 1.82) is 0 Å². The minimum Gasteiger partial charge on any atom is -0.493 e. The quantitative estimate of drug-likeness (QED) is 0.191. The second-order valence-electron chi connectivity index (χ2n) is 9.44. The van der Waals surface area contributed by atoms with Crippen molar-refractivity contribution in [2.24, 2.45) is 5.16 Å². The number of benzene rings is 3. The van der Waals surface area contributed by atoms with Gasteiger partial charge >= 0.3 is 0 Å². The molecule has 1 unspecified atom stereocenters. The number of likely N-dealkylation sites (N-methyl/N-ethyl adjacent to an activating group) is 1. The minimum atomic E-state index is -0.708. The van der Waals surface area contributed by atoms with Gasteiger partial charge in [-0.3, -0.25) is 0 Å². The first-order valence-electron chi connectivity index (χ1n) is 13.0. The Morgan fingerprint density at radius 3 is 2.34 bits per heavy atom. The summed E-state index contributed by atoms with van der Waals surface area (Å²) >= 11 is 0. The standard InChI is InChI=1S/C33H31N3O4.ClH/c1-6-10-23(14-13-22-11-8-7-9-12-22)40-35-33-26-21-30(38-5)29(37-4)20-25(26)32-31(33)27-19-24(15-16-28(27)34-32)39-18-17-36(2)3;/h7-9,11-12,15-16,19-21,23,34H,17-18H2,1-5H3;1H/b35-33-;. The number of aromatic nitrogens is 1. The van der Waals surface area contributed by atoms with E-state index in [9.17, 15) is 0 Å². The summed E-state index contributed by atoms with van der Waals surface area (Å²) in [6.07, 6.45) is -0.708. The van der Waals surface area contributed by atoms with Gasteiger partial charge in [-0.25, -0.2) is 0 Å². The Morgan fingerprint density at radius 1 is 0.927 bits per heavy atom. The summed E-state index contributed by atoms with van der Waals surface area (Å²) < 4.78 is 17.2. The first kappa shape index (κ1) is 29.4. The van der Waals surface area contributed by atoms with E-state index in [1.807, 2.05) is 74.8 Å². The van der Waals surface area contributed by atoms with Crippen LogP contribution < -0.4 is 14.2 Å². The zero-order chi connectivity index (χ0) is 28.1. The molecule has 210 valence electrons. The lowest BCUT2D eigenvalue weighted by atomic mass is 10.1. The normalized spacial score (nSPS) is 12.8. The second kappa shape index (κ2) is 13.2. The highest BCUT2D eigenvalue weighted by molar-refractivity contribution is 6.30. The number of halogens is 1. The summed E-state index contributed by atoms with van der Waals surface area (Å²) in [6, 6.07) is 19.6. The molecule has 0 radical (unpaired) electrons. The molecule has 3 aromatic carbocycles. The molecule has 1 N–H and O–H groups in total. The smallest absolute Gasteiger partial charge is 0.248 e. The lowest BCUT2D eigenvalue weighted by Gasteiger charge is -2.12. The molecule has 0 aliphatic heterocycles. The summed E-state index contributed by atoms with van der Waals surface area (Å²) in [5.74, 6) is 14.1. The zero-order valence-electron chi connectivity index (χ0n) is 23.7. The van der Waals surface area contributed by atoms with Crippen LogP contribution >= 0.6 is 12.4 Å². The van der Waals surface area contributed by atoms with Crippen LogP contribution in [-0.4, -0.2) is 63.2 Å². The molecule has 0 spiro atoms. The van der Waals surface area contributed by atoms with Crippen LogP contribution in [0.15, 0.2) is 65.8 Å². The van der Waals surface area contributed by atoms with E-state index in [1.54, 1.807) is 21.1 Å². The number of ether oxygens (including phenoxy) is 3. The van der Waals surface area contributed by atoms with Crippen molar-refractivity contribution in [2.75, 3.05) is 41.5 Å². The maximum Gasteiger partial charge on any atom is 0.248 e. The van der Waals surface area contributed by atoms with Crippen LogP contribution in [0.5, 0.6) is 17.2 Å². The van der Waals surface area contributed by atoms with Crippen LogP contribution in [0.25, 0.3) is 22.2 Å². The van der Waals surface area contributed by atoms with E-state index < -0.39 is 6.10 Å². The number of nitrogens with one attached hydrogen (secondary N) is 1. The second-order valence-corrected chi connectivity index (χ2v) is 9.44. The highest BCUT2D eigenvalue weighted by Gasteiger charge is 2.32. The minimum absolute atomic E-state index is 0. The number of oxime groups is 1. The summed E-state index contributed by atoms with van der Waals surface area (Å²) in [5, 5.41) is 5.63. The summed E-state index contributed by atoms with van der Waals surface area (Å²) in [6.45, 7) is 3.16. The van der Waals surface area contributed by atoms with Gasteiger partial charge in [0.05, 0.1) is 19.9 Å². The van der Waals surface area contributed by atoms with E-state index in [-0.39, 0.29) is 12.4 Å². The van der Waals surface area contributed by atoms with Crippen molar-refractivity contribution in [3.05, 3.63) is 77.4 Å². The maximum absolute atomic E-state index is 6.04. The van der Waals surface area contributed by atoms with Crippen LogP contribution in [0.3, 0.4) is 0 Å².